The number of hydrogen-bond donors (Lipinski definition) is 2. The minimum atomic E-state index is -0.193. The number of nitrogens with one attached hydrogen (secondary N) is 1. The second kappa shape index (κ2) is 5.81. The van der Waals surface area contributed by atoms with Gasteiger partial charge in [-0.05, 0) is 31.4 Å². The van der Waals surface area contributed by atoms with Crippen molar-refractivity contribution in [3.63, 3.8) is 0 Å². The van der Waals surface area contributed by atoms with E-state index >= 15 is 0 Å². The molecule has 108 valence electrons. The number of nitrogens with zero attached hydrogens (tertiary/aromatic N) is 1. The number of hydrogen-bond acceptors (Lipinski definition) is 4. The molecule has 0 saturated heterocycles. The molecule has 20 heavy (non-hydrogen) atoms. The third-order valence-electron chi connectivity index (χ3n) is 3.77. The second-order valence-electron chi connectivity index (χ2n) is 5.29. The highest BCUT2D eigenvalue weighted by atomic mass is 35.5. The molecule has 1 saturated carbocycles. The second-order valence-corrected chi connectivity index (χ2v) is 5.29. The number of benzene rings is 1. The summed E-state index contributed by atoms with van der Waals surface area (Å²) < 4.78 is 5.17. The minimum absolute atomic E-state index is 0. The smallest absolute Gasteiger partial charge is 0.226 e. The van der Waals surface area contributed by atoms with E-state index in [0.717, 1.165) is 24.6 Å². The zero-order chi connectivity index (χ0) is 13.3. The van der Waals surface area contributed by atoms with Crippen LogP contribution in [0.4, 0.5) is 0 Å². The van der Waals surface area contributed by atoms with Crippen molar-refractivity contribution < 1.29 is 9.32 Å². The highest BCUT2D eigenvalue weighted by Crippen LogP contribution is 2.28. The minimum Gasteiger partial charge on any atom is -0.356 e. The van der Waals surface area contributed by atoms with Gasteiger partial charge in [0, 0.05) is 17.5 Å². The normalized spacial score (nSPS) is 16.2. The standard InChI is InChI=1S/C14H17N3O2.ClH/c15-14(6-3-7-14)9-16-13(18)8-11-10-4-1-2-5-12(10)19-17-11;/h1-2,4-5H,3,6-9,15H2,(H,16,18);1H. The fraction of sp³-hybridized carbons (Fsp3) is 0.429. The van der Waals surface area contributed by atoms with Gasteiger partial charge in [-0.3, -0.25) is 4.79 Å². The maximum Gasteiger partial charge on any atom is 0.226 e. The first-order valence-electron chi connectivity index (χ1n) is 6.55. The van der Waals surface area contributed by atoms with E-state index in [4.69, 9.17) is 10.3 Å². The number of fused-ring (bicyclic) bond motifs is 1. The molecule has 1 aliphatic carbocycles. The van der Waals surface area contributed by atoms with Crippen LogP contribution in [0.3, 0.4) is 0 Å². The molecule has 1 amide bonds. The van der Waals surface area contributed by atoms with Crippen LogP contribution in [-0.2, 0) is 11.2 Å². The van der Waals surface area contributed by atoms with E-state index < -0.39 is 0 Å². The average molecular weight is 296 g/mol. The van der Waals surface area contributed by atoms with Crippen molar-refractivity contribution in [3.8, 4) is 0 Å². The Labute approximate surface area is 123 Å². The Morgan fingerprint density at radius 2 is 2.15 bits per heavy atom. The molecular weight excluding hydrogens is 278 g/mol. The Kier molecular flexibility index (Phi) is 4.30. The highest BCUT2D eigenvalue weighted by Gasteiger charge is 2.32. The van der Waals surface area contributed by atoms with Crippen molar-refractivity contribution in [2.75, 3.05) is 6.54 Å². The van der Waals surface area contributed by atoms with E-state index in [-0.39, 0.29) is 30.3 Å². The number of halogens is 1. The van der Waals surface area contributed by atoms with Crippen LogP contribution < -0.4 is 11.1 Å². The van der Waals surface area contributed by atoms with Crippen LogP contribution in [0.5, 0.6) is 0 Å². The van der Waals surface area contributed by atoms with Crippen molar-refractivity contribution in [2.45, 2.75) is 31.2 Å². The average Bonchev–Trinajstić information content (AvgIpc) is 2.78. The lowest BCUT2D eigenvalue weighted by molar-refractivity contribution is -0.120. The van der Waals surface area contributed by atoms with Crippen LogP contribution >= 0.6 is 12.4 Å². The summed E-state index contributed by atoms with van der Waals surface area (Å²) in [5.74, 6) is -0.0595. The van der Waals surface area contributed by atoms with Gasteiger partial charge in [0.1, 0.15) is 5.69 Å². The van der Waals surface area contributed by atoms with Gasteiger partial charge in [-0.1, -0.05) is 17.3 Å². The van der Waals surface area contributed by atoms with Gasteiger partial charge in [0.15, 0.2) is 5.58 Å². The Bertz CT molecular complexity index is 607. The van der Waals surface area contributed by atoms with Crippen LogP contribution in [0.25, 0.3) is 11.0 Å². The Morgan fingerprint density at radius 1 is 1.40 bits per heavy atom. The number of para-hydroxylation sites is 1. The van der Waals surface area contributed by atoms with Crippen LogP contribution in [0.2, 0.25) is 0 Å². The molecule has 1 heterocycles. The van der Waals surface area contributed by atoms with Crippen molar-refractivity contribution in [1.29, 1.82) is 0 Å². The molecule has 0 bridgehead atoms. The van der Waals surface area contributed by atoms with E-state index in [1.54, 1.807) is 0 Å². The maximum absolute atomic E-state index is 11.9. The molecule has 1 aromatic carbocycles. The van der Waals surface area contributed by atoms with E-state index in [1.807, 2.05) is 24.3 Å². The van der Waals surface area contributed by atoms with Crippen molar-refractivity contribution in [1.82, 2.24) is 10.5 Å². The first-order chi connectivity index (χ1) is 9.16. The van der Waals surface area contributed by atoms with E-state index in [0.29, 0.717) is 17.8 Å². The molecule has 0 atom stereocenters. The van der Waals surface area contributed by atoms with E-state index in [9.17, 15) is 4.79 Å². The summed E-state index contributed by atoms with van der Waals surface area (Å²) in [6.45, 7) is 0.543. The maximum atomic E-state index is 11.9. The highest BCUT2D eigenvalue weighted by molar-refractivity contribution is 5.86. The van der Waals surface area contributed by atoms with Crippen molar-refractivity contribution >= 4 is 29.3 Å². The summed E-state index contributed by atoms with van der Waals surface area (Å²) in [5.41, 5.74) is 7.26. The third-order valence-corrected chi connectivity index (χ3v) is 3.77. The van der Waals surface area contributed by atoms with Gasteiger partial charge in [-0.15, -0.1) is 12.4 Å². The van der Waals surface area contributed by atoms with Gasteiger partial charge in [-0.2, -0.15) is 0 Å². The molecule has 6 heteroatoms. The molecule has 0 spiro atoms. The van der Waals surface area contributed by atoms with Crippen LogP contribution in [0, 0.1) is 0 Å². The lowest BCUT2D eigenvalue weighted by Gasteiger charge is -2.38. The fourth-order valence-corrected chi connectivity index (χ4v) is 2.36. The van der Waals surface area contributed by atoms with Crippen LogP contribution in [-0.4, -0.2) is 23.1 Å². The largest absolute Gasteiger partial charge is 0.356 e. The van der Waals surface area contributed by atoms with Crippen LogP contribution in [0.1, 0.15) is 25.0 Å². The van der Waals surface area contributed by atoms with Crippen LogP contribution in [0.15, 0.2) is 28.8 Å². The van der Waals surface area contributed by atoms with Gasteiger partial charge >= 0.3 is 0 Å². The quantitative estimate of drug-likeness (QED) is 0.901. The molecule has 0 aliphatic heterocycles. The Morgan fingerprint density at radius 3 is 2.85 bits per heavy atom. The molecule has 0 unspecified atom stereocenters. The molecule has 5 nitrogen and oxygen atoms in total. The first-order valence-corrected chi connectivity index (χ1v) is 6.55. The zero-order valence-corrected chi connectivity index (χ0v) is 11.9. The Hall–Kier alpha value is -1.59. The van der Waals surface area contributed by atoms with Gasteiger partial charge in [0.25, 0.3) is 0 Å². The monoisotopic (exact) mass is 295 g/mol. The summed E-state index contributed by atoms with van der Waals surface area (Å²) in [5, 5.41) is 7.72. The molecule has 1 aliphatic rings. The summed E-state index contributed by atoms with van der Waals surface area (Å²) in [7, 11) is 0. The number of carbonyl (C=O) groups excluding carboxylic acids is 1. The van der Waals surface area contributed by atoms with Gasteiger partial charge in [0.2, 0.25) is 5.91 Å². The third kappa shape index (κ3) is 2.94. The predicted octanol–water partition coefficient (Wildman–Crippen LogP) is 1.79. The molecule has 0 radical (unpaired) electrons. The van der Waals surface area contributed by atoms with Gasteiger partial charge in [0.05, 0.1) is 6.42 Å². The summed E-state index contributed by atoms with van der Waals surface area (Å²) >= 11 is 0. The number of aromatic nitrogens is 1. The summed E-state index contributed by atoms with van der Waals surface area (Å²) in [6, 6.07) is 7.54. The van der Waals surface area contributed by atoms with Gasteiger partial charge in [-0.25, -0.2) is 0 Å². The molecule has 1 aromatic heterocycles. The number of carbonyl (C=O) groups is 1. The number of nitrogens with two attached hydrogens (primary N) is 1. The molecule has 3 N–H and O–H groups in total. The lowest BCUT2D eigenvalue weighted by Crippen LogP contribution is -2.55. The van der Waals surface area contributed by atoms with Crippen molar-refractivity contribution in [2.24, 2.45) is 5.73 Å². The predicted molar refractivity (Wildman–Crippen MR) is 78.7 cm³/mol. The molecule has 3 rings (SSSR count). The number of rotatable bonds is 4. The number of amides is 1. The summed E-state index contributed by atoms with van der Waals surface area (Å²) in [6.07, 6.45) is 3.35. The van der Waals surface area contributed by atoms with Crippen molar-refractivity contribution in [3.05, 3.63) is 30.0 Å². The molecule has 1 fully saturated rings. The summed E-state index contributed by atoms with van der Waals surface area (Å²) in [4.78, 5) is 11.9. The lowest BCUT2D eigenvalue weighted by atomic mass is 9.78. The van der Waals surface area contributed by atoms with E-state index in [2.05, 4.69) is 10.5 Å². The first kappa shape index (κ1) is 14.8. The van der Waals surface area contributed by atoms with E-state index in [1.165, 1.54) is 0 Å². The Balaban J connectivity index is 0.00000147. The molecule has 2 aromatic rings. The SMILES string of the molecule is Cl.NC1(CNC(=O)Cc2noc3ccccc23)CCC1. The fourth-order valence-electron chi connectivity index (χ4n) is 2.36. The molecular formula is C14H18ClN3O2. The zero-order valence-electron chi connectivity index (χ0n) is 11.1. The topological polar surface area (TPSA) is 81.1 Å². The van der Waals surface area contributed by atoms with Gasteiger partial charge < -0.3 is 15.6 Å².